The van der Waals surface area contributed by atoms with Crippen LogP contribution in [0.2, 0.25) is 0 Å². The highest BCUT2D eigenvalue weighted by molar-refractivity contribution is 5.28. The van der Waals surface area contributed by atoms with Gasteiger partial charge in [-0.05, 0) is 26.2 Å². The first kappa shape index (κ1) is 11.5. The van der Waals surface area contributed by atoms with E-state index < -0.39 is 0 Å². The Kier molecular flexibility index (Phi) is 3.86. The lowest BCUT2D eigenvalue weighted by molar-refractivity contribution is 0.454. The fourth-order valence-electron chi connectivity index (χ4n) is 2.41. The highest BCUT2D eigenvalue weighted by Gasteiger charge is 2.16. The van der Waals surface area contributed by atoms with Crippen molar-refractivity contribution in [3.63, 3.8) is 0 Å². The molecule has 0 radical (unpaired) electrons. The minimum absolute atomic E-state index is 0.536. The van der Waals surface area contributed by atoms with Crippen molar-refractivity contribution >= 4 is 5.95 Å². The monoisotopic (exact) mass is 221 g/mol. The van der Waals surface area contributed by atoms with Gasteiger partial charge >= 0.3 is 0 Å². The normalized spacial score (nSPS) is 19.6. The smallest absolute Gasteiger partial charge is 0.203 e. The molecule has 0 amide bonds. The minimum Gasteiger partial charge on any atom is -0.353 e. The first-order valence-electron chi connectivity index (χ1n) is 6.60. The van der Waals surface area contributed by atoms with E-state index in [4.69, 9.17) is 0 Å². The average Bonchev–Trinajstić information content (AvgIpc) is 2.77. The molecule has 1 aromatic rings. The van der Waals surface area contributed by atoms with Crippen LogP contribution in [0.15, 0.2) is 12.4 Å². The zero-order chi connectivity index (χ0) is 11.4. The van der Waals surface area contributed by atoms with Gasteiger partial charge in [0.15, 0.2) is 0 Å². The number of hydrogen-bond donors (Lipinski definition) is 1. The summed E-state index contributed by atoms with van der Waals surface area (Å²) in [6.45, 7) is 4.46. The molecule has 3 nitrogen and oxygen atoms in total. The Bertz CT molecular complexity index is 313. The Balaban J connectivity index is 2.00. The molecular weight excluding hydrogens is 198 g/mol. The average molecular weight is 221 g/mol. The molecule has 16 heavy (non-hydrogen) atoms. The van der Waals surface area contributed by atoms with Crippen LogP contribution in [-0.2, 0) is 0 Å². The first-order chi connectivity index (χ1) is 7.81. The van der Waals surface area contributed by atoms with Crippen LogP contribution in [0.3, 0.4) is 0 Å². The summed E-state index contributed by atoms with van der Waals surface area (Å²) in [5.74, 6) is 1.06. The Morgan fingerprint density at radius 2 is 2.19 bits per heavy atom. The molecule has 1 aliphatic rings. The van der Waals surface area contributed by atoms with Crippen molar-refractivity contribution in [3.8, 4) is 0 Å². The molecule has 0 aromatic carbocycles. The van der Waals surface area contributed by atoms with Crippen LogP contribution in [0.25, 0.3) is 0 Å². The van der Waals surface area contributed by atoms with Crippen molar-refractivity contribution in [1.29, 1.82) is 0 Å². The second-order valence-electron chi connectivity index (χ2n) is 4.89. The number of rotatable bonds is 4. The maximum absolute atomic E-state index is 4.43. The van der Waals surface area contributed by atoms with Crippen molar-refractivity contribution in [3.05, 3.63) is 12.4 Å². The molecule has 90 valence electrons. The van der Waals surface area contributed by atoms with E-state index in [0.29, 0.717) is 12.1 Å². The van der Waals surface area contributed by atoms with Gasteiger partial charge in [-0.25, -0.2) is 4.98 Å². The predicted molar refractivity (Wildman–Crippen MR) is 67.7 cm³/mol. The Morgan fingerprint density at radius 3 is 2.88 bits per heavy atom. The standard InChI is InChI=1S/C13H23N3/c1-3-11(2)16-10-9-14-13(16)15-12-7-5-4-6-8-12/h9-12H,3-8H2,1-2H3,(H,14,15). The zero-order valence-corrected chi connectivity index (χ0v) is 10.4. The third-order valence-corrected chi connectivity index (χ3v) is 3.67. The van der Waals surface area contributed by atoms with E-state index in [1.54, 1.807) is 0 Å². The highest BCUT2D eigenvalue weighted by atomic mass is 15.2. The maximum Gasteiger partial charge on any atom is 0.203 e. The molecule has 1 aliphatic carbocycles. The molecule has 0 saturated heterocycles. The molecule has 1 saturated carbocycles. The van der Waals surface area contributed by atoms with Gasteiger partial charge in [0.25, 0.3) is 0 Å². The van der Waals surface area contributed by atoms with E-state index in [0.717, 1.165) is 12.4 Å². The SMILES string of the molecule is CCC(C)n1ccnc1NC1CCCCC1. The fourth-order valence-corrected chi connectivity index (χ4v) is 2.41. The molecule has 1 atom stereocenters. The van der Waals surface area contributed by atoms with Crippen molar-refractivity contribution in [2.24, 2.45) is 0 Å². The summed E-state index contributed by atoms with van der Waals surface area (Å²) in [6, 6.07) is 1.17. The molecule has 2 rings (SSSR count). The second-order valence-corrected chi connectivity index (χ2v) is 4.89. The number of nitrogens with zero attached hydrogens (tertiary/aromatic N) is 2. The Hall–Kier alpha value is -0.990. The fraction of sp³-hybridized carbons (Fsp3) is 0.769. The molecular formula is C13H23N3. The molecule has 0 bridgehead atoms. The van der Waals surface area contributed by atoms with Gasteiger partial charge < -0.3 is 9.88 Å². The van der Waals surface area contributed by atoms with Crippen LogP contribution in [0.4, 0.5) is 5.95 Å². The lowest BCUT2D eigenvalue weighted by Crippen LogP contribution is -2.24. The predicted octanol–water partition coefficient (Wildman–Crippen LogP) is 3.60. The molecule has 1 N–H and O–H groups in total. The lowest BCUT2D eigenvalue weighted by Gasteiger charge is -2.24. The lowest BCUT2D eigenvalue weighted by atomic mass is 9.96. The van der Waals surface area contributed by atoms with Gasteiger partial charge in [-0.1, -0.05) is 26.2 Å². The summed E-state index contributed by atoms with van der Waals surface area (Å²) in [6.07, 6.45) is 11.9. The largest absolute Gasteiger partial charge is 0.353 e. The molecule has 1 unspecified atom stereocenters. The van der Waals surface area contributed by atoms with Gasteiger partial charge in [-0.2, -0.15) is 0 Å². The maximum atomic E-state index is 4.43. The molecule has 0 spiro atoms. The summed E-state index contributed by atoms with van der Waals surface area (Å²) < 4.78 is 2.26. The van der Waals surface area contributed by atoms with Crippen molar-refractivity contribution in [2.45, 2.75) is 64.5 Å². The van der Waals surface area contributed by atoms with Gasteiger partial charge in [-0.3, -0.25) is 0 Å². The van der Waals surface area contributed by atoms with Crippen molar-refractivity contribution in [1.82, 2.24) is 9.55 Å². The summed E-state index contributed by atoms with van der Waals surface area (Å²) in [5, 5.41) is 3.60. The van der Waals surface area contributed by atoms with Crippen LogP contribution < -0.4 is 5.32 Å². The van der Waals surface area contributed by atoms with Gasteiger partial charge in [0.2, 0.25) is 5.95 Å². The first-order valence-corrected chi connectivity index (χ1v) is 6.60. The molecule has 0 aliphatic heterocycles. The Morgan fingerprint density at radius 1 is 1.44 bits per heavy atom. The van der Waals surface area contributed by atoms with Gasteiger partial charge in [0.05, 0.1) is 0 Å². The third-order valence-electron chi connectivity index (χ3n) is 3.67. The summed E-state index contributed by atoms with van der Waals surface area (Å²) in [5.41, 5.74) is 0. The summed E-state index contributed by atoms with van der Waals surface area (Å²) in [4.78, 5) is 4.43. The van der Waals surface area contributed by atoms with Crippen LogP contribution in [-0.4, -0.2) is 15.6 Å². The van der Waals surface area contributed by atoms with Crippen molar-refractivity contribution < 1.29 is 0 Å². The number of anilines is 1. The highest BCUT2D eigenvalue weighted by Crippen LogP contribution is 2.23. The van der Waals surface area contributed by atoms with E-state index in [1.807, 2.05) is 6.20 Å². The van der Waals surface area contributed by atoms with Crippen LogP contribution in [0, 0.1) is 0 Å². The molecule has 1 aromatic heterocycles. The number of imidazole rings is 1. The van der Waals surface area contributed by atoms with Crippen molar-refractivity contribution in [2.75, 3.05) is 5.32 Å². The second kappa shape index (κ2) is 5.37. The van der Waals surface area contributed by atoms with Crippen LogP contribution in [0.1, 0.15) is 58.4 Å². The van der Waals surface area contributed by atoms with Crippen LogP contribution in [0.5, 0.6) is 0 Å². The zero-order valence-electron chi connectivity index (χ0n) is 10.4. The minimum atomic E-state index is 0.536. The number of hydrogen-bond acceptors (Lipinski definition) is 2. The number of aromatic nitrogens is 2. The van der Waals surface area contributed by atoms with Gasteiger partial charge in [-0.15, -0.1) is 0 Å². The van der Waals surface area contributed by atoms with E-state index in [9.17, 15) is 0 Å². The molecule has 1 heterocycles. The van der Waals surface area contributed by atoms with Gasteiger partial charge in [0, 0.05) is 24.5 Å². The quantitative estimate of drug-likeness (QED) is 0.842. The van der Waals surface area contributed by atoms with Gasteiger partial charge in [0.1, 0.15) is 0 Å². The Labute approximate surface area is 98.3 Å². The van der Waals surface area contributed by atoms with E-state index in [1.165, 1.54) is 32.1 Å². The third kappa shape index (κ3) is 2.57. The summed E-state index contributed by atoms with van der Waals surface area (Å²) in [7, 11) is 0. The summed E-state index contributed by atoms with van der Waals surface area (Å²) >= 11 is 0. The van der Waals surface area contributed by atoms with E-state index in [2.05, 4.69) is 34.9 Å². The van der Waals surface area contributed by atoms with E-state index in [-0.39, 0.29) is 0 Å². The number of nitrogens with one attached hydrogen (secondary N) is 1. The van der Waals surface area contributed by atoms with E-state index >= 15 is 0 Å². The van der Waals surface area contributed by atoms with Crippen LogP contribution >= 0.6 is 0 Å². The molecule has 1 fully saturated rings. The topological polar surface area (TPSA) is 29.9 Å². The molecule has 3 heteroatoms.